The van der Waals surface area contributed by atoms with Gasteiger partial charge in [-0.05, 0) is 62.1 Å². The predicted octanol–water partition coefficient (Wildman–Crippen LogP) is 2.88. The monoisotopic (exact) mass is 212 g/mol. The molecule has 0 spiro atoms. The van der Waals surface area contributed by atoms with E-state index in [-0.39, 0.29) is 0 Å². The van der Waals surface area contributed by atoms with Crippen LogP contribution in [0.1, 0.15) is 22.5 Å². The zero-order chi connectivity index (χ0) is 11.4. The van der Waals surface area contributed by atoms with Crippen molar-refractivity contribution in [2.45, 2.75) is 26.7 Å². The van der Waals surface area contributed by atoms with Gasteiger partial charge in [0.25, 0.3) is 0 Å². The first-order valence-electron chi connectivity index (χ1n) is 5.57. The van der Waals surface area contributed by atoms with Gasteiger partial charge in [0.15, 0.2) is 0 Å². The molecule has 0 fully saturated rings. The van der Waals surface area contributed by atoms with E-state index in [0.717, 1.165) is 24.2 Å². The molecular weight excluding hydrogens is 196 g/mol. The molecule has 82 valence electrons. The molecule has 0 aromatic carbocycles. The Morgan fingerprint density at radius 1 is 0.812 bits per heavy atom. The molecule has 2 heteroatoms. The van der Waals surface area contributed by atoms with E-state index in [1.165, 1.54) is 11.1 Å². The Kier molecular flexibility index (Phi) is 3.30. The molecule has 0 N–H and O–H groups in total. The van der Waals surface area contributed by atoms with Crippen LogP contribution in [-0.2, 0) is 12.8 Å². The van der Waals surface area contributed by atoms with Crippen molar-refractivity contribution in [3.05, 3.63) is 59.2 Å². The van der Waals surface area contributed by atoms with Gasteiger partial charge in [-0.1, -0.05) is 0 Å². The number of aromatic nitrogens is 2. The lowest BCUT2D eigenvalue weighted by atomic mass is 10.1. The van der Waals surface area contributed by atoms with Crippen LogP contribution in [0.3, 0.4) is 0 Å². The van der Waals surface area contributed by atoms with Gasteiger partial charge in [-0.3, -0.25) is 9.97 Å². The lowest BCUT2D eigenvalue weighted by Crippen LogP contribution is -1.97. The number of hydrogen-bond donors (Lipinski definition) is 0. The third-order valence-electron chi connectivity index (χ3n) is 2.58. The second kappa shape index (κ2) is 4.88. The minimum atomic E-state index is 0.956. The molecule has 2 aromatic rings. The van der Waals surface area contributed by atoms with E-state index >= 15 is 0 Å². The van der Waals surface area contributed by atoms with Gasteiger partial charge < -0.3 is 0 Å². The maximum Gasteiger partial charge on any atom is 0.0410 e. The Morgan fingerprint density at radius 3 is 1.62 bits per heavy atom. The largest absolute Gasteiger partial charge is 0.261 e. The van der Waals surface area contributed by atoms with E-state index in [9.17, 15) is 0 Å². The first-order chi connectivity index (χ1) is 7.74. The first kappa shape index (κ1) is 10.8. The second-order valence-corrected chi connectivity index (χ2v) is 4.15. The van der Waals surface area contributed by atoms with E-state index in [4.69, 9.17) is 0 Å². The minimum absolute atomic E-state index is 0.956. The molecule has 0 amide bonds. The maximum absolute atomic E-state index is 4.35. The number of aryl methyl sites for hydroxylation is 4. The summed E-state index contributed by atoms with van der Waals surface area (Å²) < 4.78 is 0. The van der Waals surface area contributed by atoms with Crippen LogP contribution in [-0.4, -0.2) is 9.97 Å². The molecule has 0 radical (unpaired) electrons. The Morgan fingerprint density at radius 2 is 1.25 bits per heavy atom. The van der Waals surface area contributed by atoms with Crippen LogP contribution in [0.15, 0.2) is 36.7 Å². The Hall–Kier alpha value is -1.70. The molecule has 2 aromatic heterocycles. The first-order valence-corrected chi connectivity index (χ1v) is 5.57. The van der Waals surface area contributed by atoms with Crippen LogP contribution < -0.4 is 0 Å². The van der Waals surface area contributed by atoms with Gasteiger partial charge in [-0.15, -0.1) is 0 Å². The smallest absolute Gasteiger partial charge is 0.0410 e. The average molecular weight is 212 g/mol. The van der Waals surface area contributed by atoms with E-state index in [1.54, 1.807) is 0 Å². The maximum atomic E-state index is 4.35. The summed E-state index contributed by atoms with van der Waals surface area (Å²) in [5.41, 5.74) is 4.82. The van der Waals surface area contributed by atoms with Gasteiger partial charge >= 0.3 is 0 Å². The third kappa shape index (κ3) is 2.89. The Balaban J connectivity index is 2.02. The molecule has 2 rings (SSSR count). The van der Waals surface area contributed by atoms with Crippen LogP contribution in [0.25, 0.3) is 0 Å². The average Bonchev–Trinajstić information content (AvgIpc) is 2.27. The molecule has 0 saturated carbocycles. The summed E-state index contributed by atoms with van der Waals surface area (Å²) >= 11 is 0. The SMILES string of the molecule is Cc1ccnc(CCc2cc(C)ccn2)c1. The molecule has 0 aliphatic heterocycles. The fourth-order valence-corrected chi connectivity index (χ4v) is 1.73. The van der Waals surface area contributed by atoms with E-state index < -0.39 is 0 Å². The van der Waals surface area contributed by atoms with Crippen molar-refractivity contribution in [3.63, 3.8) is 0 Å². The zero-order valence-corrected chi connectivity index (χ0v) is 9.77. The zero-order valence-electron chi connectivity index (χ0n) is 9.77. The summed E-state index contributed by atoms with van der Waals surface area (Å²) in [6.07, 6.45) is 5.65. The van der Waals surface area contributed by atoms with Crippen molar-refractivity contribution < 1.29 is 0 Å². The van der Waals surface area contributed by atoms with Crippen LogP contribution in [0.5, 0.6) is 0 Å². The highest BCUT2D eigenvalue weighted by Gasteiger charge is 1.98. The van der Waals surface area contributed by atoms with E-state index in [2.05, 4.69) is 35.9 Å². The lowest BCUT2D eigenvalue weighted by molar-refractivity contribution is 0.875. The fraction of sp³-hybridized carbons (Fsp3) is 0.286. The summed E-state index contributed by atoms with van der Waals surface area (Å²) in [4.78, 5) is 8.70. The number of pyridine rings is 2. The molecule has 0 saturated heterocycles. The van der Waals surface area contributed by atoms with Crippen molar-refractivity contribution in [3.8, 4) is 0 Å². The van der Waals surface area contributed by atoms with Crippen molar-refractivity contribution in [2.75, 3.05) is 0 Å². The van der Waals surface area contributed by atoms with Crippen molar-refractivity contribution in [1.29, 1.82) is 0 Å². The summed E-state index contributed by atoms with van der Waals surface area (Å²) in [5.74, 6) is 0. The standard InChI is InChI=1S/C14H16N2/c1-11-5-7-15-13(9-11)3-4-14-10-12(2)6-8-16-14/h5-10H,3-4H2,1-2H3. The van der Waals surface area contributed by atoms with Crippen LogP contribution in [0.2, 0.25) is 0 Å². The fourth-order valence-electron chi connectivity index (χ4n) is 1.73. The van der Waals surface area contributed by atoms with Crippen LogP contribution in [0.4, 0.5) is 0 Å². The van der Waals surface area contributed by atoms with Gasteiger partial charge in [0, 0.05) is 23.8 Å². The predicted molar refractivity (Wildman–Crippen MR) is 65.4 cm³/mol. The molecule has 0 unspecified atom stereocenters. The normalized spacial score (nSPS) is 10.4. The summed E-state index contributed by atoms with van der Waals surface area (Å²) in [7, 11) is 0. The number of hydrogen-bond acceptors (Lipinski definition) is 2. The molecule has 2 heterocycles. The molecule has 0 atom stereocenters. The van der Waals surface area contributed by atoms with Crippen molar-refractivity contribution in [1.82, 2.24) is 9.97 Å². The summed E-state index contributed by atoms with van der Waals surface area (Å²) in [5, 5.41) is 0. The van der Waals surface area contributed by atoms with Crippen LogP contribution >= 0.6 is 0 Å². The summed E-state index contributed by atoms with van der Waals surface area (Å²) in [6.45, 7) is 4.19. The topological polar surface area (TPSA) is 25.8 Å². The van der Waals surface area contributed by atoms with Crippen LogP contribution in [0, 0.1) is 13.8 Å². The molecule has 0 aliphatic rings. The number of nitrogens with zero attached hydrogens (tertiary/aromatic N) is 2. The quantitative estimate of drug-likeness (QED) is 0.781. The van der Waals surface area contributed by atoms with Gasteiger partial charge in [-0.2, -0.15) is 0 Å². The van der Waals surface area contributed by atoms with Crippen molar-refractivity contribution >= 4 is 0 Å². The van der Waals surface area contributed by atoms with Gasteiger partial charge in [0.05, 0.1) is 0 Å². The Bertz CT molecular complexity index is 432. The van der Waals surface area contributed by atoms with Gasteiger partial charge in [0.1, 0.15) is 0 Å². The molecule has 0 bridgehead atoms. The molecule has 16 heavy (non-hydrogen) atoms. The third-order valence-corrected chi connectivity index (χ3v) is 2.58. The van der Waals surface area contributed by atoms with Crippen molar-refractivity contribution in [2.24, 2.45) is 0 Å². The highest BCUT2D eigenvalue weighted by molar-refractivity contribution is 5.18. The van der Waals surface area contributed by atoms with Gasteiger partial charge in [-0.25, -0.2) is 0 Å². The van der Waals surface area contributed by atoms with E-state index in [1.807, 2.05) is 24.5 Å². The molecule has 2 nitrogen and oxygen atoms in total. The molecule has 0 aliphatic carbocycles. The second-order valence-electron chi connectivity index (χ2n) is 4.15. The van der Waals surface area contributed by atoms with Gasteiger partial charge in [0.2, 0.25) is 0 Å². The Labute approximate surface area is 96.4 Å². The molecular formula is C14H16N2. The summed E-state index contributed by atoms with van der Waals surface area (Å²) in [6, 6.07) is 8.31. The minimum Gasteiger partial charge on any atom is -0.261 e. The van der Waals surface area contributed by atoms with E-state index in [0.29, 0.717) is 0 Å². The highest BCUT2D eigenvalue weighted by Crippen LogP contribution is 2.06. The number of rotatable bonds is 3. The lowest BCUT2D eigenvalue weighted by Gasteiger charge is -2.02. The highest BCUT2D eigenvalue weighted by atomic mass is 14.7.